The Labute approximate surface area is 144 Å². The molecule has 0 aromatic heterocycles. The molecule has 3 rings (SSSR count). The van der Waals surface area contributed by atoms with Gasteiger partial charge in [-0.25, -0.2) is 0 Å². The van der Waals surface area contributed by atoms with Gasteiger partial charge in [0.15, 0.2) is 0 Å². The van der Waals surface area contributed by atoms with Crippen LogP contribution in [0.3, 0.4) is 0 Å². The molecule has 0 aliphatic heterocycles. The van der Waals surface area contributed by atoms with E-state index in [9.17, 15) is 0 Å². The number of hydrogen-bond acceptors (Lipinski definition) is 0. The van der Waals surface area contributed by atoms with E-state index in [2.05, 4.69) is 39.5 Å². The molecule has 0 nitrogen and oxygen atoms in total. The highest BCUT2D eigenvalue weighted by atomic mass is 14.6. The summed E-state index contributed by atoms with van der Waals surface area (Å²) < 4.78 is 0. The normalized spacial score (nSPS) is 46.6. The van der Waals surface area contributed by atoms with E-state index in [0.717, 1.165) is 30.1 Å². The average Bonchev–Trinajstić information content (AvgIpc) is 2.86. The molecular formula is C23H38. The van der Waals surface area contributed by atoms with Gasteiger partial charge in [-0.05, 0) is 79.4 Å². The summed E-state index contributed by atoms with van der Waals surface area (Å²) in [5.74, 6) is 3.98. The van der Waals surface area contributed by atoms with E-state index in [-0.39, 0.29) is 0 Å². The lowest BCUT2D eigenvalue weighted by molar-refractivity contribution is -0.0523. The Morgan fingerprint density at radius 2 is 1.87 bits per heavy atom. The quantitative estimate of drug-likeness (QED) is 0.472. The van der Waals surface area contributed by atoms with E-state index >= 15 is 0 Å². The molecule has 3 saturated carbocycles. The largest absolute Gasteiger partial charge is 0.103 e. The zero-order valence-corrected chi connectivity index (χ0v) is 15.8. The maximum absolute atomic E-state index is 3.87. The first kappa shape index (κ1) is 17.3. The van der Waals surface area contributed by atoms with Crippen LogP contribution in [0.15, 0.2) is 24.8 Å². The van der Waals surface area contributed by atoms with E-state index in [1.807, 2.05) is 6.08 Å². The average molecular weight is 315 g/mol. The van der Waals surface area contributed by atoms with E-state index in [0.29, 0.717) is 10.8 Å². The minimum absolute atomic E-state index is 0.454. The third-order valence-corrected chi connectivity index (χ3v) is 8.17. The molecule has 3 aliphatic carbocycles. The van der Waals surface area contributed by atoms with Gasteiger partial charge in [0, 0.05) is 0 Å². The van der Waals surface area contributed by atoms with Crippen molar-refractivity contribution in [3.8, 4) is 0 Å². The second kappa shape index (κ2) is 6.77. The molecule has 0 N–H and O–H groups in total. The summed E-state index contributed by atoms with van der Waals surface area (Å²) in [6.45, 7) is 11.5. The molecule has 0 spiro atoms. The smallest absolute Gasteiger partial charge is 0.0115 e. The lowest BCUT2D eigenvalue weighted by Crippen LogP contribution is -2.48. The Bertz CT molecular complexity index is 447. The van der Waals surface area contributed by atoms with Crippen molar-refractivity contribution in [3.05, 3.63) is 24.8 Å². The highest BCUT2D eigenvalue weighted by Crippen LogP contribution is 2.65. The zero-order chi connectivity index (χ0) is 16.5. The Hall–Kier alpha value is -0.520. The van der Waals surface area contributed by atoms with Gasteiger partial charge < -0.3 is 0 Å². The van der Waals surface area contributed by atoms with Crippen LogP contribution >= 0.6 is 0 Å². The van der Waals surface area contributed by atoms with Crippen molar-refractivity contribution in [2.24, 2.45) is 34.5 Å². The maximum Gasteiger partial charge on any atom is -0.0115 e. The summed E-state index contributed by atoms with van der Waals surface area (Å²) in [6.07, 6.45) is 21.3. The van der Waals surface area contributed by atoms with Crippen LogP contribution in [0.2, 0.25) is 0 Å². The monoisotopic (exact) mass is 314 g/mol. The SMILES string of the molecule is C=CC/C=C\[C@@]1(C)CCCC2C1CC[C@@]1(C)C2CC[C@@H]1CCC. The van der Waals surface area contributed by atoms with E-state index in [4.69, 9.17) is 0 Å². The molecule has 130 valence electrons. The van der Waals surface area contributed by atoms with Crippen LogP contribution in [-0.4, -0.2) is 0 Å². The maximum atomic E-state index is 3.87. The summed E-state index contributed by atoms with van der Waals surface area (Å²) >= 11 is 0. The molecule has 23 heavy (non-hydrogen) atoms. The summed E-state index contributed by atoms with van der Waals surface area (Å²) in [7, 11) is 0. The summed E-state index contributed by atoms with van der Waals surface area (Å²) in [5, 5.41) is 0. The first-order valence-electron chi connectivity index (χ1n) is 10.3. The molecule has 0 amide bonds. The van der Waals surface area contributed by atoms with Gasteiger partial charge in [-0.3, -0.25) is 0 Å². The van der Waals surface area contributed by atoms with Crippen molar-refractivity contribution >= 4 is 0 Å². The van der Waals surface area contributed by atoms with Crippen molar-refractivity contribution in [2.75, 3.05) is 0 Å². The standard InChI is InChI=1S/C23H38/c1-5-7-8-15-22(3)16-9-11-19-20(22)14-17-23(4)18(10-6-2)12-13-21(19)23/h5,8,15,18-21H,1,6-7,9-14,16-17H2,2-4H3/b15-8-/t18-,19?,20?,21?,22-,23+/m0/s1. The van der Waals surface area contributed by atoms with Crippen LogP contribution in [-0.2, 0) is 0 Å². The second-order valence-electron chi connectivity index (χ2n) is 9.31. The lowest BCUT2D eigenvalue weighted by atomic mass is 9.49. The lowest BCUT2D eigenvalue weighted by Gasteiger charge is -2.56. The number of rotatable bonds is 5. The number of fused-ring (bicyclic) bond motifs is 3. The predicted octanol–water partition coefficient (Wildman–Crippen LogP) is 7.17. The fourth-order valence-electron chi connectivity index (χ4n) is 6.98. The van der Waals surface area contributed by atoms with Gasteiger partial charge >= 0.3 is 0 Å². The molecule has 3 fully saturated rings. The van der Waals surface area contributed by atoms with Crippen LogP contribution in [0, 0.1) is 34.5 Å². The Balaban J connectivity index is 1.80. The molecule has 0 aromatic rings. The molecule has 6 atom stereocenters. The van der Waals surface area contributed by atoms with E-state index < -0.39 is 0 Å². The topological polar surface area (TPSA) is 0 Å². The molecule has 3 unspecified atom stereocenters. The molecule has 0 heteroatoms. The second-order valence-corrected chi connectivity index (χ2v) is 9.31. The molecule has 0 radical (unpaired) electrons. The van der Waals surface area contributed by atoms with Gasteiger partial charge in [0.25, 0.3) is 0 Å². The van der Waals surface area contributed by atoms with Gasteiger partial charge in [0.1, 0.15) is 0 Å². The van der Waals surface area contributed by atoms with Crippen LogP contribution in [0.5, 0.6) is 0 Å². The van der Waals surface area contributed by atoms with Crippen LogP contribution in [0.25, 0.3) is 0 Å². The molecule has 0 bridgehead atoms. The highest BCUT2D eigenvalue weighted by molar-refractivity contribution is 5.11. The van der Waals surface area contributed by atoms with Crippen LogP contribution < -0.4 is 0 Å². The molecule has 3 aliphatic rings. The third kappa shape index (κ3) is 2.96. The van der Waals surface area contributed by atoms with Gasteiger partial charge in [0.2, 0.25) is 0 Å². The number of hydrogen-bond donors (Lipinski definition) is 0. The van der Waals surface area contributed by atoms with Crippen molar-refractivity contribution < 1.29 is 0 Å². The molecule has 0 heterocycles. The van der Waals surface area contributed by atoms with Gasteiger partial charge in [-0.15, -0.1) is 6.58 Å². The van der Waals surface area contributed by atoms with E-state index in [1.165, 1.54) is 57.8 Å². The predicted molar refractivity (Wildman–Crippen MR) is 101 cm³/mol. The summed E-state index contributed by atoms with van der Waals surface area (Å²) in [5.41, 5.74) is 1.12. The van der Waals surface area contributed by atoms with Crippen molar-refractivity contribution in [1.29, 1.82) is 0 Å². The van der Waals surface area contributed by atoms with E-state index in [1.54, 1.807) is 0 Å². The van der Waals surface area contributed by atoms with Crippen molar-refractivity contribution in [3.63, 3.8) is 0 Å². The first-order chi connectivity index (χ1) is 11.0. The van der Waals surface area contributed by atoms with Crippen molar-refractivity contribution in [1.82, 2.24) is 0 Å². The van der Waals surface area contributed by atoms with Crippen LogP contribution in [0.1, 0.15) is 85.0 Å². The summed E-state index contributed by atoms with van der Waals surface area (Å²) in [4.78, 5) is 0. The molecular weight excluding hydrogens is 276 g/mol. The Morgan fingerprint density at radius 1 is 1.04 bits per heavy atom. The fraction of sp³-hybridized carbons (Fsp3) is 0.826. The Morgan fingerprint density at radius 3 is 2.61 bits per heavy atom. The van der Waals surface area contributed by atoms with Crippen molar-refractivity contribution in [2.45, 2.75) is 85.0 Å². The highest BCUT2D eigenvalue weighted by Gasteiger charge is 2.56. The van der Waals surface area contributed by atoms with Gasteiger partial charge in [-0.1, -0.05) is 58.3 Å². The third-order valence-electron chi connectivity index (χ3n) is 8.17. The van der Waals surface area contributed by atoms with Gasteiger partial charge in [0.05, 0.1) is 0 Å². The molecule has 0 saturated heterocycles. The minimum Gasteiger partial charge on any atom is -0.103 e. The molecule has 0 aromatic carbocycles. The first-order valence-corrected chi connectivity index (χ1v) is 10.3. The Kier molecular flexibility index (Phi) is 5.09. The van der Waals surface area contributed by atoms with Crippen LogP contribution in [0.4, 0.5) is 0 Å². The zero-order valence-electron chi connectivity index (χ0n) is 15.8. The summed E-state index contributed by atoms with van der Waals surface area (Å²) in [6, 6.07) is 0. The number of allylic oxidation sites excluding steroid dienone is 3. The van der Waals surface area contributed by atoms with Gasteiger partial charge in [-0.2, -0.15) is 0 Å². The minimum atomic E-state index is 0.454. The fourth-order valence-corrected chi connectivity index (χ4v) is 6.98.